The van der Waals surface area contributed by atoms with E-state index >= 15 is 0 Å². The minimum absolute atomic E-state index is 0.252. The van der Waals surface area contributed by atoms with Crippen LogP contribution in [0.1, 0.15) is 71.2 Å². The summed E-state index contributed by atoms with van der Waals surface area (Å²) < 4.78 is 3.92. The number of anilines is 1. The molecule has 0 spiro atoms. The summed E-state index contributed by atoms with van der Waals surface area (Å²) in [6.07, 6.45) is 14.5. The highest BCUT2D eigenvalue weighted by Crippen LogP contribution is 2.48. The summed E-state index contributed by atoms with van der Waals surface area (Å²) in [7, 11) is 0. The molecule has 0 N–H and O–H groups in total. The van der Waals surface area contributed by atoms with E-state index in [2.05, 4.69) is 104 Å². The Labute approximate surface area is 225 Å². The quantitative estimate of drug-likeness (QED) is 0.276. The Morgan fingerprint density at radius 3 is 2.56 bits per heavy atom. The second kappa shape index (κ2) is 11.0. The SMILES string of the molecule is CCCCN1/C(=C/C2=CC(=C/c3sc4ccccc4[n+]3CCCC)/CC(C)(C)C2)Sc2ccccc21. The van der Waals surface area contributed by atoms with Crippen LogP contribution < -0.4 is 9.47 Å². The van der Waals surface area contributed by atoms with E-state index in [0.717, 1.165) is 25.9 Å². The molecule has 2 aliphatic rings. The Balaban J connectivity index is 1.52. The molecule has 2 nitrogen and oxygen atoms in total. The van der Waals surface area contributed by atoms with Crippen molar-refractivity contribution >= 4 is 45.1 Å². The molecule has 0 unspecified atom stereocenters. The number of thiazole rings is 1. The normalized spacial score (nSPS) is 19.3. The third-order valence-corrected chi connectivity index (χ3v) is 9.32. The first-order chi connectivity index (χ1) is 17.5. The molecule has 0 amide bonds. The zero-order valence-electron chi connectivity index (χ0n) is 22.2. The van der Waals surface area contributed by atoms with Gasteiger partial charge in [-0.2, -0.15) is 4.57 Å². The third-order valence-electron chi connectivity index (χ3n) is 7.10. The number of para-hydroxylation sites is 2. The van der Waals surface area contributed by atoms with Gasteiger partial charge in [-0.05, 0) is 60.1 Å². The predicted molar refractivity (Wildman–Crippen MR) is 159 cm³/mol. The molecule has 5 rings (SSSR count). The molecular formula is C32H39N2S2+. The maximum absolute atomic E-state index is 2.54. The minimum atomic E-state index is 0.252. The van der Waals surface area contributed by atoms with Crippen LogP contribution in [-0.4, -0.2) is 6.54 Å². The van der Waals surface area contributed by atoms with Crippen LogP contribution in [-0.2, 0) is 6.54 Å². The number of rotatable bonds is 8. The van der Waals surface area contributed by atoms with Crippen molar-refractivity contribution in [3.8, 4) is 0 Å². The van der Waals surface area contributed by atoms with Crippen LogP contribution in [0.25, 0.3) is 16.3 Å². The summed E-state index contributed by atoms with van der Waals surface area (Å²) in [4.78, 5) is 3.92. The molecule has 0 atom stereocenters. The summed E-state index contributed by atoms with van der Waals surface area (Å²) in [6, 6.07) is 17.7. The fourth-order valence-electron chi connectivity index (χ4n) is 5.42. The fraction of sp³-hybridized carbons (Fsp3) is 0.406. The number of hydrogen-bond acceptors (Lipinski definition) is 3. The predicted octanol–water partition coefficient (Wildman–Crippen LogP) is 9.37. The molecule has 36 heavy (non-hydrogen) atoms. The summed E-state index contributed by atoms with van der Waals surface area (Å²) in [6.45, 7) is 11.6. The monoisotopic (exact) mass is 515 g/mol. The van der Waals surface area contributed by atoms with Crippen LogP contribution in [0.15, 0.2) is 81.8 Å². The van der Waals surface area contributed by atoms with Gasteiger partial charge in [-0.25, -0.2) is 0 Å². The number of thioether (sulfide) groups is 1. The lowest BCUT2D eigenvalue weighted by Gasteiger charge is -2.31. The molecule has 0 saturated heterocycles. The first-order valence-electron chi connectivity index (χ1n) is 13.6. The highest BCUT2D eigenvalue weighted by atomic mass is 32.2. The van der Waals surface area contributed by atoms with Gasteiger partial charge in [0.05, 0.1) is 10.7 Å². The van der Waals surface area contributed by atoms with Gasteiger partial charge in [0.1, 0.15) is 4.70 Å². The van der Waals surface area contributed by atoms with Gasteiger partial charge in [-0.3, -0.25) is 0 Å². The lowest BCUT2D eigenvalue weighted by molar-refractivity contribution is -0.669. The van der Waals surface area contributed by atoms with Gasteiger partial charge in [-0.15, -0.1) is 0 Å². The van der Waals surface area contributed by atoms with Crippen LogP contribution in [0.5, 0.6) is 0 Å². The van der Waals surface area contributed by atoms with Gasteiger partial charge in [-0.1, -0.05) is 94.0 Å². The summed E-state index contributed by atoms with van der Waals surface area (Å²) in [5.74, 6) is 0. The van der Waals surface area contributed by atoms with Crippen LogP contribution in [0.3, 0.4) is 0 Å². The number of allylic oxidation sites excluding steroid dienone is 4. The molecule has 1 aliphatic heterocycles. The van der Waals surface area contributed by atoms with Crippen molar-refractivity contribution in [1.82, 2.24) is 0 Å². The Hall–Kier alpha value is -2.30. The Kier molecular flexibility index (Phi) is 7.73. The largest absolute Gasteiger partial charge is 0.335 e. The number of aromatic nitrogens is 1. The number of unbranched alkanes of at least 4 members (excludes halogenated alkanes) is 2. The number of aryl methyl sites for hydroxylation is 1. The van der Waals surface area contributed by atoms with Crippen LogP contribution in [0.2, 0.25) is 0 Å². The van der Waals surface area contributed by atoms with Gasteiger partial charge in [0.15, 0.2) is 6.54 Å². The van der Waals surface area contributed by atoms with E-state index < -0.39 is 0 Å². The zero-order chi connectivity index (χ0) is 25.1. The van der Waals surface area contributed by atoms with Crippen molar-refractivity contribution in [3.05, 3.63) is 81.9 Å². The molecule has 0 saturated carbocycles. The lowest BCUT2D eigenvalue weighted by Crippen LogP contribution is -2.35. The van der Waals surface area contributed by atoms with Crippen molar-refractivity contribution in [2.45, 2.75) is 77.7 Å². The molecule has 2 heterocycles. The number of fused-ring (bicyclic) bond motifs is 2. The Morgan fingerprint density at radius 2 is 1.72 bits per heavy atom. The van der Waals surface area contributed by atoms with Gasteiger partial charge < -0.3 is 4.90 Å². The molecule has 4 heteroatoms. The molecule has 1 aromatic heterocycles. The van der Waals surface area contributed by atoms with E-state index in [4.69, 9.17) is 0 Å². The van der Waals surface area contributed by atoms with Crippen molar-refractivity contribution in [1.29, 1.82) is 0 Å². The number of hydrogen-bond donors (Lipinski definition) is 0. The fourth-order valence-corrected chi connectivity index (χ4v) is 7.75. The van der Waals surface area contributed by atoms with Crippen molar-refractivity contribution < 1.29 is 4.57 Å². The molecule has 1 aliphatic carbocycles. The van der Waals surface area contributed by atoms with E-state index in [1.54, 1.807) is 0 Å². The van der Waals surface area contributed by atoms with Gasteiger partial charge >= 0.3 is 0 Å². The summed E-state index contributed by atoms with van der Waals surface area (Å²) in [5.41, 5.74) is 5.90. The number of nitrogens with zero attached hydrogens (tertiary/aromatic N) is 2. The second-order valence-corrected chi connectivity index (χ2v) is 13.1. The highest BCUT2D eigenvalue weighted by molar-refractivity contribution is 8.03. The summed E-state index contributed by atoms with van der Waals surface area (Å²) >= 11 is 3.87. The zero-order valence-corrected chi connectivity index (χ0v) is 23.9. The van der Waals surface area contributed by atoms with Crippen LogP contribution in [0.4, 0.5) is 5.69 Å². The summed E-state index contributed by atoms with van der Waals surface area (Å²) in [5, 5.41) is 2.76. The van der Waals surface area contributed by atoms with Gasteiger partial charge in [0, 0.05) is 30.0 Å². The smallest absolute Gasteiger partial charge is 0.263 e. The Morgan fingerprint density at radius 1 is 0.944 bits per heavy atom. The standard InChI is InChI=1S/C32H39N2S2/c1-5-7-17-33-26-13-9-11-15-28(26)35-30(33)20-24-19-25(23-32(3,4)22-24)21-31-34(18-8-6-2)27-14-10-12-16-29(27)36-31/h9-16,19-21H,5-8,17-18,22-23H2,1-4H3/q+1. The van der Waals surface area contributed by atoms with Crippen molar-refractivity contribution in [2.75, 3.05) is 11.4 Å². The van der Waals surface area contributed by atoms with Crippen LogP contribution >= 0.6 is 23.1 Å². The highest BCUT2D eigenvalue weighted by Gasteiger charge is 2.29. The van der Waals surface area contributed by atoms with Crippen molar-refractivity contribution in [3.63, 3.8) is 0 Å². The average molecular weight is 516 g/mol. The van der Waals surface area contributed by atoms with Crippen molar-refractivity contribution in [2.24, 2.45) is 5.41 Å². The first kappa shape index (κ1) is 25.4. The molecule has 0 bridgehead atoms. The first-order valence-corrected chi connectivity index (χ1v) is 15.2. The van der Waals surface area contributed by atoms with E-state index in [0.29, 0.717) is 0 Å². The maximum Gasteiger partial charge on any atom is 0.263 e. The molecule has 0 fully saturated rings. The minimum Gasteiger partial charge on any atom is -0.335 e. The molecule has 188 valence electrons. The third kappa shape index (κ3) is 5.50. The Bertz CT molecular complexity index is 1320. The van der Waals surface area contributed by atoms with E-state index in [9.17, 15) is 0 Å². The van der Waals surface area contributed by atoms with E-state index in [1.165, 1.54) is 67.7 Å². The lowest BCUT2D eigenvalue weighted by atomic mass is 9.75. The molecule has 0 radical (unpaired) electrons. The van der Waals surface area contributed by atoms with Gasteiger partial charge in [0.25, 0.3) is 5.01 Å². The second-order valence-electron chi connectivity index (χ2n) is 10.9. The molecule has 2 aromatic carbocycles. The number of benzene rings is 2. The topological polar surface area (TPSA) is 7.12 Å². The van der Waals surface area contributed by atoms with Gasteiger partial charge in [0.2, 0.25) is 5.52 Å². The molecular weight excluding hydrogens is 477 g/mol. The molecule has 3 aromatic rings. The van der Waals surface area contributed by atoms with E-state index in [1.807, 2.05) is 23.1 Å². The van der Waals surface area contributed by atoms with Crippen LogP contribution in [0, 0.1) is 5.41 Å². The van der Waals surface area contributed by atoms with E-state index in [-0.39, 0.29) is 5.41 Å². The maximum atomic E-state index is 2.54. The average Bonchev–Trinajstić information content (AvgIpc) is 3.37.